The van der Waals surface area contributed by atoms with Gasteiger partial charge in [0.25, 0.3) is 5.91 Å². The number of urea groups is 1. The fraction of sp³-hybridized carbons (Fsp3) is 0.438. The van der Waals surface area contributed by atoms with Crippen molar-refractivity contribution >= 4 is 23.6 Å². The van der Waals surface area contributed by atoms with E-state index in [2.05, 4.69) is 5.32 Å². The fourth-order valence-electron chi connectivity index (χ4n) is 3.24. The van der Waals surface area contributed by atoms with Crippen molar-refractivity contribution in [1.82, 2.24) is 10.2 Å². The Labute approximate surface area is 150 Å². The van der Waals surface area contributed by atoms with E-state index in [0.29, 0.717) is 11.4 Å². The minimum atomic E-state index is -5.05. The van der Waals surface area contributed by atoms with Crippen LogP contribution in [0.25, 0.3) is 0 Å². The van der Waals surface area contributed by atoms with Gasteiger partial charge in [-0.15, -0.1) is 0 Å². The number of carboxylic acids is 1. The molecule has 27 heavy (non-hydrogen) atoms. The zero-order valence-electron chi connectivity index (χ0n) is 13.8. The lowest BCUT2D eigenvalue weighted by atomic mass is 9.86. The Morgan fingerprint density at radius 1 is 1.22 bits per heavy atom. The maximum absolute atomic E-state index is 14.1. The van der Waals surface area contributed by atoms with Gasteiger partial charge in [0.2, 0.25) is 0 Å². The summed E-state index contributed by atoms with van der Waals surface area (Å²) < 4.78 is 53.9. The first-order chi connectivity index (χ1) is 12.6. The van der Waals surface area contributed by atoms with Gasteiger partial charge in [-0.25, -0.2) is 9.18 Å². The third-order valence-corrected chi connectivity index (χ3v) is 4.86. The number of nitrogens with zero attached hydrogens (tertiary/aromatic N) is 2. The summed E-state index contributed by atoms with van der Waals surface area (Å²) in [5, 5.41) is 11.6. The predicted molar refractivity (Wildman–Crippen MR) is 83.8 cm³/mol. The molecule has 0 radical (unpaired) electrons. The van der Waals surface area contributed by atoms with Gasteiger partial charge in [-0.05, 0) is 24.6 Å². The SMILES string of the molecule is O=C(c1cc(N2CCNC2=O)ccc1F)N1CCC(C(=O)O)(C(F)(F)F)C1. The van der Waals surface area contributed by atoms with Gasteiger partial charge in [0.1, 0.15) is 5.82 Å². The minimum absolute atomic E-state index is 0.217. The van der Waals surface area contributed by atoms with E-state index in [1.807, 2.05) is 0 Å². The van der Waals surface area contributed by atoms with Crippen molar-refractivity contribution in [3.63, 3.8) is 0 Å². The first-order valence-electron chi connectivity index (χ1n) is 8.01. The highest BCUT2D eigenvalue weighted by Gasteiger charge is 2.64. The summed E-state index contributed by atoms with van der Waals surface area (Å²) in [6.45, 7) is -0.923. The van der Waals surface area contributed by atoms with Crippen molar-refractivity contribution in [3.8, 4) is 0 Å². The van der Waals surface area contributed by atoms with Gasteiger partial charge in [-0.3, -0.25) is 14.5 Å². The average molecular weight is 389 g/mol. The van der Waals surface area contributed by atoms with Crippen LogP contribution in [-0.4, -0.2) is 60.3 Å². The molecular weight excluding hydrogens is 374 g/mol. The lowest BCUT2D eigenvalue weighted by molar-refractivity contribution is -0.227. The van der Waals surface area contributed by atoms with Crippen molar-refractivity contribution in [2.24, 2.45) is 5.41 Å². The largest absolute Gasteiger partial charge is 0.481 e. The van der Waals surface area contributed by atoms with Gasteiger partial charge in [0.05, 0.1) is 5.56 Å². The second-order valence-electron chi connectivity index (χ2n) is 6.41. The van der Waals surface area contributed by atoms with Crippen LogP contribution < -0.4 is 10.2 Å². The van der Waals surface area contributed by atoms with E-state index in [1.54, 1.807) is 0 Å². The Hall–Kier alpha value is -2.85. The monoisotopic (exact) mass is 389 g/mol. The molecule has 2 heterocycles. The van der Waals surface area contributed by atoms with Gasteiger partial charge >= 0.3 is 18.2 Å². The summed E-state index contributed by atoms with van der Waals surface area (Å²) in [7, 11) is 0. The van der Waals surface area contributed by atoms with Gasteiger partial charge in [-0.1, -0.05) is 0 Å². The molecule has 2 saturated heterocycles. The van der Waals surface area contributed by atoms with E-state index in [1.165, 1.54) is 11.0 Å². The average Bonchev–Trinajstić information content (AvgIpc) is 3.21. The molecule has 146 valence electrons. The molecule has 2 fully saturated rings. The number of carbonyl (C=O) groups excluding carboxylic acids is 2. The lowest BCUT2D eigenvalue weighted by Crippen LogP contribution is -2.47. The molecule has 11 heteroatoms. The molecular formula is C16H15F4N3O4. The molecule has 2 aliphatic rings. The number of benzene rings is 1. The smallest absolute Gasteiger partial charge is 0.406 e. The van der Waals surface area contributed by atoms with Gasteiger partial charge in [-0.2, -0.15) is 13.2 Å². The Morgan fingerprint density at radius 2 is 1.93 bits per heavy atom. The molecule has 1 aromatic rings. The van der Waals surface area contributed by atoms with Crippen LogP contribution in [0.2, 0.25) is 0 Å². The number of likely N-dealkylation sites (tertiary alicyclic amines) is 1. The number of hydrogen-bond donors (Lipinski definition) is 2. The van der Waals surface area contributed by atoms with E-state index < -0.39 is 60.4 Å². The molecule has 0 spiro atoms. The Bertz CT molecular complexity index is 813. The standard InChI is InChI=1S/C16H15F4N3O4/c17-11-2-1-9(23-6-4-21-14(23)27)7-10(11)12(24)22-5-3-15(8-22,13(25)26)16(18,19)20/h1-2,7H,3-6,8H2,(H,21,27)(H,25,26). The highest BCUT2D eigenvalue weighted by atomic mass is 19.4. The highest BCUT2D eigenvalue weighted by molar-refractivity contribution is 5.99. The third-order valence-electron chi connectivity index (χ3n) is 4.86. The number of nitrogens with one attached hydrogen (secondary N) is 1. The van der Waals surface area contributed by atoms with Gasteiger partial charge in [0, 0.05) is 31.9 Å². The lowest BCUT2D eigenvalue weighted by Gasteiger charge is -2.27. The van der Waals surface area contributed by atoms with E-state index in [0.717, 1.165) is 12.1 Å². The quantitative estimate of drug-likeness (QED) is 0.772. The number of anilines is 1. The van der Waals surface area contributed by atoms with Gasteiger partial charge < -0.3 is 15.3 Å². The molecule has 0 aromatic heterocycles. The third kappa shape index (κ3) is 3.06. The molecule has 3 rings (SSSR count). The molecule has 7 nitrogen and oxygen atoms in total. The number of carboxylic acid groups (broad SMARTS) is 1. The van der Waals surface area contributed by atoms with Crippen molar-refractivity contribution in [2.45, 2.75) is 12.6 Å². The van der Waals surface area contributed by atoms with E-state index in [-0.39, 0.29) is 12.2 Å². The highest BCUT2D eigenvalue weighted by Crippen LogP contribution is 2.46. The summed E-state index contributed by atoms with van der Waals surface area (Å²) >= 11 is 0. The summed E-state index contributed by atoms with van der Waals surface area (Å²) in [5.74, 6) is -4.10. The fourth-order valence-corrected chi connectivity index (χ4v) is 3.24. The summed E-state index contributed by atoms with van der Waals surface area (Å²) in [5.41, 5.74) is -3.38. The van der Waals surface area contributed by atoms with E-state index in [9.17, 15) is 31.9 Å². The molecule has 0 bridgehead atoms. The van der Waals surface area contributed by atoms with Crippen LogP contribution >= 0.6 is 0 Å². The zero-order valence-corrected chi connectivity index (χ0v) is 13.8. The maximum atomic E-state index is 14.1. The van der Waals surface area contributed by atoms with Crippen LogP contribution in [0, 0.1) is 11.2 Å². The number of hydrogen-bond acceptors (Lipinski definition) is 3. The van der Waals surface area contributed by atoms with Crippen LogP contribution in [-0.2, 0) is 4.79 Å². The molecule has 2 aliphatic heterocycles. The normalized spacial score (nSPS) is 22.9. The van der Waals surface area contributed by atoms with Crippen LogP contribution in [0.5, 0.6) is 0 Å². The Kier molecular flexibility index (Phi) is 4.48. The van der Waals surface area contributed by atoms with Crippen molar-refractivity contribution < 1.29 is 37.1 Å². The molecule has 1 unspecified atom stereocenters. The molecule has 1 aromatic carbocycles. The summed E-state index contributed by atoms with van der Waals surface area (Å²) in [6.07, 6.45) is -5.87. The minimum Gasteiger partial charge on any atom is -0.481 e. The van der Waals surface area contributed by atoms with Crippen LogP contribution in [0.1, 0.15) is 16.8 Å². The van der Waals surface area contributed by atoms with Crippen LogP contribution in [0.3, 0.4) is 0 Å². The number of rotatable bonds is 3. The van der Waals surface area contributed by atoms with Crippen molar-refractivity contribution in [1.29, 1.82) is 0 Å². The van der Waals surface area contributed by atoms with E-state index >= 15 is 0 Å². The Balaban J connectivity index is 1.88. The summed E-state index contributed by atoms with van der Waals surface area (Å²) in [4.78, 5) is 37.4. The molecule has 1 atom stereocenters. The van der Waals surface area contributed by atoms with Crippen molar-refractivity contribution in [3.05, 3.63) is 29.6 Å². The van der Waals surface area contributed by atoms with E-state index in [4.69, 9.17) is 5.11 Å². The molecule has 0 saturated carbocycles. The molecule has 2 N–H and O–H groups in total. The molecule has 0 aliphatic carbocycles. The number of alkyl halides is 3. The second kappa shape index (κ2) is 6.39. The predicted octanol–water partition coefficient (Wildman–Crippen LogP) is 1.83. The Morgan fingerprint density at radius 3 is 2.44 bits per heavy atom. The van der Waals surface area contributed by atoms with Crippen LogP contribution in [0.4, 0.5) is 28.0 Å². The van der Waals surface area contributed by atoms with Crippen molar-refractivity contribution in [2.75, 3.05) is 31.1 Å². The zero-order chi connectivity index (χ0) is 20.0. The molecule has 3 amide bonds. The van der Waals surface area contributed by atoms with Gasteiger partial charge in [0.15, 0.2) is 5.41 Å². The number of amides is 3. The second-order valence-corrected chi connectivity index (χ2v) is 6.41. The number of carbonyl (C=O) groups is 3. The topological polar surface area (TPSA) is 90.0 Å². The first kappa shape index (κ1) is 18.9. The summed E-state index contributed by atoms with van der Waals surface area (Å²) in [6, 6.07) is 2.86. The number of halogens is 4. The maximum Gasteiger partial charge on any atom is 0.406 e. The first-order valence-corrected chi connectivity index (χ1v) is 8.01. The number of aliphatic carboxylic acids is 1. The van der Waals surface area contributed by atoms with Crippen LogP contribution in [0.15, 0.2) is 18.2 Å².